The molecule has 2 fully saturated rings. The molecule has 2 amide bonds. The Morgan fingerprint density at radius 2 is 1.63 bits per heavy atom. The molecule has 6 nitrogen and oxygen atoms in total. The fourth-order valence-corrected chi connectivity index (χ4v) is 5.26. The van der Waals surface area contributed by atoms with E-state index in [4.69, 9.17) is 0 Å². The number of aromatic hydroxyl groups is 1. The van der Waals surface area contributed by atoms with Crippen molar-refractivity contribution < 1.29 is 9.90 Å². The van der Waals surface area contributed by atoms with Crippen molar-refractivity contribution in [2.75, 3.05) is 52.4 Å². The van der Waals surface area contributed by atoms with E-state index in [1.807, 2.05) is 4.90 Å². The molecule has 30 heavy (non-hydrogen) atoms. The van der Waals surface area contributed by atoms with Crippen molar-refractivity contribution in [1.29, 1.82) is 0 Å². The third-order valence-electron chi connectivity index (χ3n) is 6.96. The average molecular weight is 407 g/mol. The molecule has 158 valence electrons. The number of carbonyl (C=O) groups is 1. The normalized spacial score (nSPS) is 24.8. The van der Waals surface area contributed by atoms with Gasteiger partial charge in [0.05, 0.1) is 0 Å². The molecule has 2 heterocycles. The smallest absolute Gasteiger partial charge is 0.317 e. The molecule has 5 rings (SSSR count). The molecule has 2 N–H and O–H groups in total. The van der Waals surface area contributed by atoms with Crippen molar-refractivity contribution in [3.63, 3.8) is 0 Å². The second kappa shape index (κ2) is 8.28. The maximum Gasteiger partial charge on any atom is 0.317 e. The second-order valence-corrected chi connectivity index (χ2v) is 8.62. The highest BCUT2D eigenvalue weighted by Crippen LogP contribution is 2.46. The van der Waals surface area contributed by atoms with Crippen molar-refractivity contribution in [2.45, 2.75) is 18.4 Å². The Balaban J connectivity index is 1.23. The summed E-state index contributed by atoms with van der Waals surface area (Å²) in [6, 6.07) is 17.1. The fourth-order valence-electron chi connectivity index (χ4n) is 5.26. The van der Waals surface area contributed by atoms with Crippen LogP contribution >= 0.6 is 0 Å². The van der Waals surface area contributed by atoms with E-state index in [0.29, 0.717) is 17.7 Å². The summed E-state index contributed by atoms with van der Waals surface area (Å²) in [5, 5.41) is 12.5. The first-order chi connectivity index (χ1) is 14.7. The number of amides is 2. The van der Waals surface area contributed by atoms with Crippen LogP contribution in [-0.2, 0) is 0 Å². The summed E-state index contributed by atoms with van der Waals surface area (Å²) in [5.74, 6) is 0.711. The summed E-state index contributed by atoms with van der Waals surface area (Å²) in [6.45, 7) is 7.61. The Hall–Kier alpha value is -2.57. The highest BCUT2D eigenvalue weighted by molar-refractivity contribution is 5.76. The molecule has 1 aliphatic carbocycles. The number of phenolic OH excluding ortho intramolecular Hbond substituents is 1. The topological polar surface area (TPSA) is 59.1 Å². The van der Waals surface area contributed by atoms with E-state index in [2.05, 4.69) is 51.5 Å². The van der Waals surface area contributed by atoms with Crippen LogP contribution in [-0.4, -0.2) is 78.2 Å². The number of piperazine rings is 1. The molecule has 2 aromatic carbocycles. The molecular formula is C24H30N4O2. The zero-order valence-corrected chi connectivity index (χ0v) is 17.3. The van der Waals surface area contributed by atoms with Crippen LogP contribution in [0.4, 0.5) is 4.79 Å². The first-order valence-corrected chi connectivity index (χ1v) is 11.1. The lowest BCUT2D eigenvalue weighted by Gasteiger charge is -2.39. The average Bonchev–Trinajstić information content (AvgIpc) is 3.37. The molecule has 2 unspecified atom stereocenters. The summed E-state index contributed by atoms with van der Waals surface area (Å²) in [7, 11) is 0. The van der Waals surface area contributed by atoms with Crippen LogP contribution in [0.15, 0.2) is 48.5 Å². The van der Waals surface area contributed by atoms with E-state index >= 15 is 0 Å². The number of carbonyl (C=O) groups excluding carboxylic acids is 1. The van der Waals surface area contributed by atoms with E-state index in [-0.39, 0.29) is 6.03 Å². The maximum atomic E-state index is 11.7. The predicted octanol–water partition coefficient (Wildman–Crippen LogP) is 2.61. The Morgan fingerprint density at radius 1 is 0.900 bits per heavy atom. The van der Waals surface area contributed by atoms with E-state index in [1.165, 1.54) is 16.7 Å². The van der Waals surface area contributed by atoms with E-state index in [0.717, 1.165) is 58.8 Å². The van der Waals surface area contributed by atoms with Gasteiger partial charge in [-0.15, -0.1) is 0 Å². The van der Waals surface area contributed by atoms with Gasteiger partial charge in [0.1, 0.15) is 5.75 Å². The highest BCUT2D eigenvalue weighted by Gasteiger charge is 2.36. The fraction of sp³-hybridized carbons (Fsp3) is 0.458. The van der Waals surface area contributed by atoms with Crippen LogP contribution < -0.4 is 5.32 Å². The number of hydrogen-bond acceptors (Lipinski definition) is 4. The van der Waals surface area contributed by atoms with Crippen molar-refractivity contribution in [1.82, 2.24) is 20.0 Å². The Morgan fingerprint density at radius 3 is 2.33 bits per heavy atom. The molecular weight excluding hydrogens is 376 g/mol. The molecule has 0 radical (unpaired) electrons. The molecule has 0 bridgehead atoms. The van der Waals surface area contributed by atoms with Gasteiger partial charge in [0.2, 0.25) is 0 Å². The molecule has 2 aliphatic heterocycles. The van der Waals surface area contributed by atoms with Gasteiger partial charge in [-0.05, 0) is 35.2 Å². The Kier molecular flexibility index (Phi) is 5.35. The number of benzene rings is 2. The van der Waals surface area contributed by atoms with E-state index < -0.39 is 0 Å². The van der Waals surface area contributed by atoms with Crippen molar-refractivity contribution >= 4 is 6.03 Å². The zero-order valence-electron chi connectivity index (χ0n) is 17.3. The van der Waals surface area contributed by atoms with Crippen LogP contribution in [0.25, 0.3) is 0 Å². The standard InChI is InChI=1S/C24H30N4O2/c29-19-7-5-18(6-8-19)22-17-23(21-4-2-1-3-20(21)22)27-14-11-26(12-15-27)13-16-28-10-9-25-24(28)30/h1-8,22-23,29H,9-17H2,(H,25,30). The number of urea groups is 1. The minimum absolute atomic E-state index is 0.0801. The molecule has 2 saturated heterocycles. The highest BCUT2D eigenvalue weighted by atomic mass is 16.3. The first kappa shape index (κ1) is 19.4. The van der Waals surface area contributed by atoms with Crippen LogP contribution in [0.3, 0.4) is 0 Å². The molecule has 3 aliphatic rings. The number of nitrogens with zero attached hydrogens (tertiary/aromatic N) is 3. The van der Waals surface area contributed by atoms with Crippen molar-refractivity contribution in [2.24, 2.45) is 0 Å². The SMILES string of the molecule is O=C1NCCN1CCN1CCN(C2CC(c3ccc(O)cc3)c3ccccc32)CC1. The quantitative estimate of drug-likeness (QED) is 0.802. The largest absolute Gasteiger partial charge is 0.508 e. The number of fused-ring (bicyclic) bond motifs is 1. The maximum absolute atomic E-state index is 11.7. The number of nitrogens with one attached hydrogen (secondary N) is 1. The van der Waals surface area contributed by atoms with Gasteiger partial charge in [-0.25, -0.2) is 4.79 Å². The minimum Gasteiger partial charge on any atom is -0.508 e. The van der Waals surface area contributed by atoms with Gasteiger partial charge in [0.15, 0.2) is 0 Å². The molecule has 2 atom stereocenters. The summed E-state index contributed by atoms with van der Waals surface area (Å²) in [4.78, 5) is 18.8. The van der Waals surface area contributed by atoms with Crippen LogP contribution in [0.1, 0.15) is 35.1 Å². The second-order valence-electron chi connectivity index (χ2n) is 8.62. The van der Waals surface area contributed by atoms with Crippen molar-refractivity contribution in [3.05, 3.63) is 65.2 Å². The molecule has 6 heteroatoms. The van der Waals surface area contributed by atoms with E-state index in [1.54, 1.807) is 12.1 Å². The van der Waals surface area contributed by atoms with Gasteiger partial charge >= 0.3 is 6.03 Å². The summed E-state index contributed by atoms with van der Waals surface area (Å²) in [5.41, 5.74) is 4.17. The van der Waals surface area contributed by atoms with Gasteiger partial charge in [0.25, 0.3) is 0 Å². The lowest BCUT2D eigenvalue weighted by atomic mass is 9.93. The van der Waals surface area contributed by atoms with Gasteiger partial charge in [-0.2, -0.15) is 0 Å². The number of phenols is 1. The molecule has 0 aromatic heterocycles. The number of rotatable bonds is 5. The summed E-state index contributed by atoms with van der Waals surface area (Å²) in [6.07, 6.45) is 1.10. The molecule has 2 aromatic rings. The first-order valence-electron chi connectivity index (χ1n) is 11.1. The molecule has 0 spiro atoms. The lowest BCUT2D eigenvalue weighted by molar-refractivity contribution is 0.0905. The van der Waals surface area contributed by atoms with Crippen molar-refractivity contribution in [3.8, 4) is 5.75 Å². The van der Waals surface area contributed by atoms with Crippen LogP contribution in [0.5, 0.6) is 5.75 Å². The van der Waals surface area contributed by atoms with Crippen LogP contribution in [0.2, 0.25) is 0 Å². The summed E-state index contributed by atoms with van der Waals surface area (Å²) >= 11 is 0. The van der Waals surface area contributed by atoms with Gasteiger partial charge in [0, 0.05) is 64.3 Å². The third-order valence-corrected chi connectivity index (χ3v) is 6.96. The van der Waals surface area contributed by atoms with E-state index in [9.17, 15) is 9.90 Å². The predicted molar refractivity (Wildman–Crippen MR) is 117 cm³/mol. The molecule has 0 saturated carbocycles. The van der Waals surface area contributed by atoms with Crippen LogP contribution in [0, 0.1) is 0 Å². The Bertz CT molecular complexity index is 892. The zero-order chi connectivity index (χ0) is 20.5. The third kappa shape index (κ3) is 3.77. The van der Waals surface area contributed by atoms with Gasteiger partial charge in [-0.1, -0.05) is 36.4 Å². The Labute approximate surface area is 178 Å². The summed E-state index contributed by atoms with van der Waals surface area (Å²) < 4.78 is 0. The minimum atomic E-state index is 0.0801. The number of hydrogen-bond donors (Lipinski definition) is 2. The van der Waals surface area contributed by atoms with Gasteiger partial charge < -0.3 is 15.3 Å². The monoisotopic (exact) mass is 406 g/mol. The lowest BCUT2D eigenvalue weighted by Crippen LogP contribution is -2.49. The van der Waals surface area contributed by atoms with Gasteiger partial charge in [-0.3, -0.25) is 9.80 Å².